The largest absolute Gasteiger partial charge is 0.493 e. The van der Waals surface area contributed by atoms with Crippen LogP contribution in [0.5, 0.6) is 11.5 Å². The van der Waals surface area contributed by atoms with E-state index in [9.17, 15) is 0 Å². The second-order valence-corrected chi connectivity index (χ2v) is 3.37. The van der Waals surface area contributed by atoms with Gasteiger partial charge in [0.15, 0.2) is 11.5 Å². The summed E-state index contributed by atoms with van der Waals surface area (Å²) in [5.41, 5.74) is 6.32. The molecule has 1 unspecified atom stereocenters. The minimum absolute atomic E-state index is 0.171. The van der Waals surface area contributed by atoms with Gasteiger partial charge in [-0.3, -0.25) is 0 Å². The van der Waals surface area contributed by atoms with Crippen molar-refractivity contribution in [1.82, 2.24) is 0 Å². The number of hydrogen-bond donors (Lipinski definition) is 2. The molecule has 84 valence electrons. The van der Waals surface area contributed by atoms with Gasteiger partial charge in [-0.2, -0.15) is 0 Å². The molecule has 5 heteroatoms. The van der Waals surface area contributed by atoms with Gasteiger partial charge < -0.3 is 20.3 Å². The van der Waals surface area contributed by atoms with E-state index in [0.29, 0.717) is 22.1 Å². The Kier molecular flexibility index (Phi) is 4.20. The fraction of sp³-hybridized carbons (Fsp3) is 0.400. The summed E-state index contributed by atoms with van der Waals surface area (Å²) < 4.78 is 10.2. The summed E-state index contributed by atoms with van der Waals surface area (Å²) in [6.07, 6.45) is 0. The van der Waals surface area contributed by atoms with Gasteiger partial charge in [-0.05, 0) is 11.6 Å². The molecule has 0 amide bonds. The molecule has 1 rings (SSSR count). The van der Waals surface area contributed by atoms with E-state index in [2.05, 4.69) is 0 Å². The van der Waals surface area contributed by atoms with Gasteiger partial charge in [0, 0.05) is 0 Å². The summed E-state index contributed by atoms with van der Waals surface area (Å²) in [6.45, 7) is -0.171. The Bertz CT molecular complexity index is 344. The Balaban J connectivity index is 3.22. The number of benzene rings is 1. The Labute approximate surface area is 93.6 Å². The lowest BCUT2D eigenvalue weighted by Gasteiger charge is -2.15. The third-order valence-corrected chi connectivity index (χ3v) is 2.50. The molecule has 3 N–H and O–H groups in total. The van der Waals surface area contributed by atoms with E-state index in [-0.39, 0.29) is 6.61 Å². The normalized spacial score (nSPS) is 12.3. The van der Waals surface area contributed by atoms with E-state index >= 15 is 0 Å². The summed E-state index contributed by atoms with van der Waals surface area (Å²) in [7, 11) is 3.03. The maximum atomic E-state index is 8.95. The lowest BCUT2D eigenvalue weighted by atomic mass is 10.1. The number of aliphatic hydroxyl groups excluding tert-OH is 1. The molecule has 0 aliphatic carbocycles. The SMILES string of the molecule is COc1ccc(C(N)CO)c(Cl)c1OC. The maximum Gasteiger partial charge on any atom is 0.179 e. The highest BCUT2D eigenvalue weighted by molar-refractivity contribution is 6.33. The average molecular weight is 232 g/mol. The van der Waals surface area contributed by atoms with Crippen LogP contribution >= 0.6 is 11.6 Å². The van der Waals surface area contributed by atoms with E-state index in [0.717, 1.165) is 0 Å². The van der Waals surface area contributed by atoms with Gasteiger partial charge in [0.05, 0.1) is 31.9 Å². The van der Waals surface area contributed by atoms with E-state index in [1.807, 2.05) is 0 Å². The molecule has 0 saturated heterocycles. The first-order chi connectivity index (χ1) is 7.15. The number of methoxy groups -OCH3 is 2. The predicted molar refractivity (Wildman–Crippen MR) is 58.6 cm³/mol. The fourth-order valence-corrected chi connectivity index (χ4v) is 1.66. The van der Waals surface area contributed by atoms with E-state index in [1.54, 1.807) is 12.1 Å². The standard InChI is InChI=1S/C10H14ClNO3/c1-14-8-4-3-6(7(12)5-13)9(11)10(8)15-2/h3-4,7,13H,5,12H2,1-2H3. The van der Waals surface area contributed by atoms with Gasteiger partial charge in [0.25, 0.3) is 0 Å². The fourth-order valence-electron chi connectivity index (χ4n) is 1.29. The number of rotatable bonds is 4. The van der Waals surface area contributed by atoms with Crippen molar-refractivity contribution in [2.24, 2.45) is 5.73 Å². The van der Waals surface area contributed by atoms with Crippen molar-refractivity contribution in [2.45, 2.75) is 6.04 Å². The van der Waals surface area contributed by atoms with Crippen LogP contribution in [0.2, 0.25) is 5.02 Å². The van der Waals surface area contributed by atoms with Crippen LogP contribution in [-0.2, 0) is 0 Å². The molecule has 0 aliphatic rings. The Morgan fingerprint density at radius 2 is 2.07 bits per heavy atom. The number of ether oxygens (including phenoxy) is 2. The quantitative estimate of drug-likeness (QED) is 0.821. The van der Waals surface area contributed by atoms with Crippen LogP contribution in [-0.4, -0.2) is 25.9 Å². The first kappa shape index (κ1) is 12.1. The van der Waals surface area contributed by atoms with Crippen molar-refractivity contribution in [1.29, 1.82) is 0 Å². The highest BCUT2D eigenvalue weighted by Crippen LogP contribution is 2.38. The smallest absolute Gasteiger partial charge is 0.179 e. The third kappa shape index (κ3) is 2.34. The summed E-state index contributed by atoms with van der Waals surface area (Å²) in [5.74, 6) is 0.969. The van der Waals surface area contributed by atoms with Gasteiger partial charge in [-0.1, -0.05) is 17.7 Å². The molecule has 0 heterocycles. The number of hydrogen-bond acceptors (Lipinski definition) is 4. The van der Waals surface area contributed by atoms with Crippen molar-refractivity contribution < 1.29 is 14.6 Å². The number of halogens is 1. The van der Waals surface area contributed by atoms with Crippen LogP contribution in [0.3, 0.4) is 0 Å². The molecule has 1 aromatic carbocycles. The number of aliphatic hydroxyl groups is 1. The molecule has 0 radical (unpaired) electrons. The zero-order valence-corrected chi connectivity index (χ0v) is 9.41. The van der Waals surface area contributed by atoms with E-state index < -0.39 is 6.04 Å². The molecule has 0 aromatic heterocycles. The summed E-state index contributed by atoms with van der Waals surface area (Å²) in [6, 6.07) is 2.90. The zero-order valence-electron chi connectivity index (χ0n) is 8.66. The van der Waals surface area contributed by atoms with E-state index in [1.165, 1.54) is 14.2 Å². The molecule has 0 fully saturated rings. The lowest BCUT2D eigenvalue weighted by Crippen LogP contribution is -2.15. The topological polar surface area (TPSA) is 64.7 Å². The molecule has 4 nitrogen and oxygen atoms in total. The second-order valence-electron chi connectivity index (χ2n) is 2.99. The first-order valence-corrected chi connectivity index (χ1v) is 4.80. The number of nitrogens with two attached hydrogens (primary N) is 1. The Morgan fingerprint density at radius 1 is 1.40 bits per heavy atom. The van der Waals surface area contributed by atoms with Crippen molar-refractivity contribution >= 4 is 11.6 Å². The average Bonchev–Trinajstić information content (AvgIpc) is 2.27. The van der Waals surface area contributed by atoms with Gasteiger partial charge >= 0.3 is 0 Å². The van der Waals surface area contributed by atoms with Crippen molar-refractivity contribution in [3.63, 3.8) is 0 Å². The molecular formula is C10H14ClNO3. The minimum Gasteiger partial charge on any atom is -0.493 e. The van der Waals surface area contributed by atoms with Gasteiger partial charge in [0.1, 0.15) is 0 Å². The van der Waals surface area contributed by atoms with Gasteiger partial charge in [0.2, 0.25) is 0 Å². The molecule has 15 heavy (non-hydrogen) atoms. The van der Waals surface area contributed by atoms with E-state index in [4.69, 9.17) is 31.9 Å². The monoisotopic (exact) mass is 231 g/mol. The predicted octanol–water partition coefficient (Wildman–Crippen LogP) is 1.35. The Hall–Kier alpha value is -0.970. The van der Waals surface area contributed by atoms with Gasteiger partial charge in [-0.25, -0.2) is 0 Å². The molecule has 1 atom stereocenters. The van der Waals surface area contributed by atoms with Crippen molar-refractivity contribution in [2.75, 3.05) is 20.8 Å². The highest BCUT2D eigenvalue weighted by atomic mass is 35.5. The Morgan fingerprint density at radius 3 is 2.53 bits per heavy atom. The summed E-state index contributed by atoms with van der Waals surface area (Å²) in [4.78, 5) is 0. The van der Waals surface area contributed by atoms with Gasteiger partial charge in [-0.15, -0.1) is 0 Å². The maximum absolute atomic E-state index is 8.95. The summed E-state index contributed by atoms with van der Waals surface area (Å²) >= 11 is 6.07. The molecule has 1 aromatic rings. The molecule has 0 spiro atoms. The van der Waals surface area contributed by atoms with Crippen LogP contribution < -0.4 is 15.2 Å². The van der Waals surface area contributed by atoms with Crippen molar-refractivity contribution in [3.05, 3.63) is 22.7 Å². The molecule has 0 saturated carbocycles. The van der Waals surface area contributed by atoms with Crippen LogP contribution in [0.25, 0.3) is 0 Å². The molecular weight excluding hydrogens is 218 g/mol. The highest BCUT2D eigenvalue weighted by Gasteiger charge is 2.16. The van der Waals surface area contributed by atoms with Crippen molar-refractivity contribution in [3.8, 4) is 11.5 Å². The minimum atomic E-state index is -0.516. The lowest BCUT2D eigenvalue weighted by molar-refractivity contribution is 0.267. The zero-order chi connectivity index (χ0) is 11.4. The van der Waals surface area contributed by atoms with Crippen LogP contribution in [0.15, 0.2) is 12.1 Å². The first-order valence-electron chi connectivity index (χ1n) is 4.42. The molecule has 0 aliphatic heterocycles. The second kappa shape index (κ2) is 5.21. The molecule has 0 bridgehead atoms. The third-order valence-electron chi connectivity index (χ3n) is 2.11. The van der Waals surface area contributed by atoms with Crippen LogP contribution in [0.1, 0.15) is 11.6 Å². The van der Waals surface area contributed by atoms with Crippen LogP contribution in [0.4, 0.5) is 0 Å². The summed E-state index contributed by atoms with van der Waals surface area (Å²) in [5, 5.41) is 9.32. The van der Waals surface area contributed by atoms with Crippen LogP contribution in [0, 0.1) is 0 Å².